The van der Waals surface area contributed by atoms with Gasteiger partial charge in [0.15, 0.2) is 0 Å². The Hall–Kier alpha value is -2.70. The summed E-state index contributed by atoms with van der Waals surface area (Å²) >= 11 is 0. The van der Waals surface area contributed by atoms with Gasteiger partial charge in [-0.25, -0.2) is 4.39 Å². The summed E-state index contributed by atoms with van der Waals surface area (Å²) < 4.78 is 14.0. The number of likely N-dealkylation sites (tertiary alicyclic amines) is 2. The number of hydrogen-bond donors (Lipinski definition) is 1. The third-order valence-electron chi connectivity index (χ3n) is 5.53. The fraction of sp³-hybridized carbons (Fsp3) is 0.421. The predicted octanol–water partition coefficient (Wildman–Crippen LogP) is 2.20. The summed E-state index contributed by atoms with van der Waals surface area (Å²) in [4.78, 5) is 29.2. The Morgan fingerprint density at radius 2 is 2.12 bits per heavy atom. The van der Waals surface area contributed by atoms with Gasteiger partial charge in [-0.1, -0.05) is 18.2 Å². The van der Waals surface area contributed by atoms with Crippen molar-refractivity contribution in [3.05, 3.63) is 53.6 Å². The second-order valence-electron chi connectivity index (χ2n) is 7.17. The Bertz CT molecular complexity index is 823. The number of nitrogens with zero attached hydrogens (tertiary/aromatic N) is 3. The topological polar surface area (TPSA) is 69.3 Å². The van der Waals surface area contributed by atoms with Crippen LogP contribution < -0.4 is 0 Å². The first-order valence-corrected chi connectivity index (χ1v) is 8.90. The van der Waals surface area contributed by atoms with Crippen molar-refractivity contribution in [2.75, 3.05) is 19.6 Å². The van der Waals surface area contributed by atoms with Gasteiger partial charge in [0.25, 0.3) is 5.91 Å². The van der Waals surface area contributed by atoms with Crippen molar-refractivity contribution in [2.24, 2.45) is 5.41 Å². The fourth-order valence-corrected chi connectivity index (χ4v) is 4.11. The van der Waals surface area contributed by atoms with Crippen molar-refractivity contribution in [3.8, 4) is 0 Å². The van der Waals surface area contributed by atoms with E-state index in [1.807, 2.05) is 0 Å². The molecule has 0 aliphatic carbocycles. The van der Waals surface area contributed by atoms with Gasteiger partial charge in [0.1, 0.15) is 5.82 Å². The molecule has 1 aromatic heterocycles. The first kappa shape index (κ1) is 16.8. The smallest absolute Gasteiger partial charge is 0.257 e. The van der Waals surface area contributed by atoms with Gasteiger partial charge in [-0.2, -0.15) is 5.10 Å². The van der Waals surface area contributed by atoms with Crippen LogP contribution >= 0.6 is 0 Å². The van der Waals surface area contributed by atoms with Crippen LogP contribution in [0.4, 0.5) is 4.39 Å². The van der Waals surface area contributed by atoms with Crippen LogP contribution in [0.25, 0.3) is 0 Å². The van der Waals surface area contributed by atoms with Crippen molar-refractivity contribution in [1.29, 1.82) is 0 Å². The molecular weight excluding hydrogens is 335 g/mol. The SMILES string of the molecule is O=C(c1cn[nH]c1)N1CC[C@]2(CCCN(Cc3ccccc3F)C2=O)C1. The monoisotopic (exact) mass is 356 g/mol. The lowest BCUT2D eigenvalue weighted by molar-refractivity contribution is -0.146. The van der Waals surface area contributed by atoms with E-state index in [2.05, 4.69) is 10.2 Å². The Morgan fingerprint density at radius 1 is 1.27 bits per heavy atom. The highest BCUT2D eigenvalue weighted by Gasteiger charge is 2.49. The third kappa shape index (κ3) is 2.87. The number of aromatic amines is 1. The van der Waals surface area contributed by atoms with Crippen molar-refractivity contribution >= 4 is 11.8 Å². The summed E-state index contributed by atoms with van der Waals surface area (Å²) in [6, 6.07) is 6.56. The highest BCUT2D eigenvalue weighted by Crippen LogP contribution is 2.41. The fourth-order valence-electron chi connectivity index (χ4n) is 4.11. The molecule has 1 atom stereocenters. The summed E-state index contributed by atoms with van der Waals surface area (Å²) in [5, 5.41) is 6.46. The minimum atomic E-state index is -0.539. The Morgan fingerprint density at radius 3 is 2.88 bits per heavy atom. The number of nitrogens with one attached hydrogen (secondary N) is 1. The lowest BCUT2D eigenvalue weighted by atomic mass is 9.78. The van der Waals surface area contributed by atoms with E-state index in [1.54, 1.807) is 34.2 Å². The maximum absolute atomic E-state index is 14.0. The second-order valence-corrected chi connectivity index (χ2v) is 7.17. The Labute approximate surface area is 151 Å². The van der Waals surface area contributed by atoms with Gasteiger partial charge in [0.2, 0.25) is 5.91 Å². The predicted molar refractivity (Wildman–Crippen MR) is 92.6 cm³/mol. The molecule has 6 nitrogen and oxygen atoms in total. The van der Waals surface area contributed by atoms with Crippen molar-refractivity contribution < 1.29 is 14.0 Å². The normalized spacial score (nSPS) is 23.0. The first-order valence-electron chi connectivity index (χ1n) is 8.90. The maximum atomic E-state index is 14.0. The molecule has 3 heterocycles. The zero-order chi connectivity index (χ0) is 18.1. The number of aromatic nitrogens is 2. The molecule has 136 valence electrons. The minimum Gasteiger partial charge on any atom is -0.338 e. The van der Waals surface area contributed by atoms with Gasteiger partial charge in [0.05, 0.1) is 17.2 Å². The summed E-state index contributed by atoms with van der Waals surface area (Å²) in [6.45, 7) is 1.89. The summed E-state index contributed by atoms with van der Waals surface area (Å²) in [5.74, 6) is -0.354. The number of benzene rings is 1. The van der Waals surface area contributed by atoms with E-state index in [0.717, 1.165) is 12.8 Å². The molecular formula is C19H21FN4O2. The molecule has 7 heteroatoms. The molecule has 2 amide bonds. The number of rotatable bonds is 3. The number of H-pyrrole nitrogens is 1. The zero-order valence-electron chi connectivity index (χ0n) is 14.4. The van der Waals surface area contributed by atoms with Crippen molar-refractivity contribution in [2.45, 2.75) is 25.8 Å². The van der Waals surface area contributed by atoms with Crippen LogP contribution in [0.1, 0.15) is 35.2 Å². The van der Waals surface area contributed by atoms with Gasteiger partial charge in [0, 0.05) is 37.9 Å². The molecule has 0 radical (unpaired) electrons. The third-order valence-corrected chi connectivity index (χ3v) is 5.53. The largest absolute Gasteiger partial charge is 0.338 e. The lowest BCUT2D eigenvalue weighted by Crippen LogP contribution is -2.50. The molecule has 0 unspecified atom stereocenters. The van der Waals surface area contributed by atoms with E-state index in [1.165, 1.54) is 12.3 Å². The second kappa shape index (κ2) is 6.55. The number of carbonyl (C=O) groups excluding carboxylic acids is 2. The van der Waals surface area contributed by atoms with Crippen LogP contribution in [-0.4, -0.2) is 51.4 Å². The summed E-state index contributed by atoms with van der Waals surface area (Å²) in [7, 11) is 0. The lowest BCUT2D eigenvalue weighted by Gasteiger charge is -2.39. The van der Waals surface area contributed by atoms with Gasteiger partial charge < -0.3 is 9.80 Å². The van der Waals surface area contributed by atoms with Crippen molar-refractivity contribution in [3.63, 3.8) is 0 Å². The maximum Gasteiger partial charge on any atom is 0.257 e. The standard InChI is InChI=1S/C19H21FN4O2/c20-16-5-2-1-4-14(16)12-23-8-3-6-19(18(23)26)7-9-24(13-19)17(25)15-10-21-22-11-15/h1-2,4-5,10-11H,3,6-9,12-13H2,(H,21,22)/t19-/m1/s1. The molecule has 1 spiro atoms. The van der Waals surface area contributed by atoms with Gasteiger partial charge >= 0.3 is 0 Å². The molecule has 1 aromatic carbocycles. The molecule has 2 aromatic rings. The average molecular weight is 356 g/mol. The molecule has 1 N–H and O–H groups in total. The van der Waals surface area contributed by atoms with E-state index >= 15 is 0 Å². The van der Waals surface area contributed by atoms with Crippen molar-refractivity contribution in [1.82, 2.24) is 20.0 Å². The van der Waals surface area contributed by atoms with E-state index < -0.39 is 5.41 Å². The molecule has 4 rings (SSSR count). The minimum absolute atomic E-state index is 0.0366. The van der Waals surface area contributed by atoms with Gasteiger partial charge in [-0.3, -0.25) is 14.7 Å². The molecule has 2 aliphatic heterocycles. The number of halogens is 1. The molecule has 26 heavy (non-hydrogen) atoms. The average Bonchev–Trinajstić information content (AvgIpc) is 3.31. The number of hydrogen-bond acceptors (Lipinski definition) is 3. The highest BCUT2D eigenvalue weighted by molar-refractivity contribution is 5.95. The number of piperidine rings is 1. The summed E-state index contributed by atoms with van der Waals surface area (Å²) in [6.07, 6.45) is 5.37. The highest BCUT2D eigenvalue weighted by atomic mass is 19.1. The van der Waals surface area contributed by atoms with Crippen LogP contribution in [-0.2, 0) is 11.3 Å². The van der Waals surface area contributed by atoms with Crippen LogP contribution in [0, 0.1) is 11.2 Å². The zero-order valence-corrected chi connectivity index (χ0v) is 14.4. The van der Waals surface area contributed by atoms with Gasteiger partial charge in [-0.05, 0) is 25.3 Å². The Kier molecular flexibility index (Phi) is 4.22. The van der Waals surface area contributed by atoms with Crippen LogP contribution in [0.15, 0.2) is 36.7 Å². The van der Waals surface area contributed by atoms with E-state index in [9.17, 15) is 14.0 Å². The van der Waals surface area contributed by atoms with Crippen LogP contribution in [0.2, 0.25) is 0 Å². The van der Waals surface area contributed by atoms with Crippen LogP contribution in [0.3, 0.4) is 0 Å². The number of amides is 2. The first-order chi connectivity index (χ1) is 12.6. The molecule has 2 saturated heterocycles. The van der Waals surface area contributed by atoms with E-state index in [4.69, 9.17) is 0 Å². The summed E-state index contributed by atoms with van der Waals surface area (Å²) in [5.41, 5.74) is 0.499. The molecule has 0 saturated carbocycles. The molecule has 2 fully saturated rings. The van der Waals surface area contributed by atoms with Crippen LogP contribution in [0.5, 0.6) is 0 Å². The van der Waals surface area contributed by atoms with Gasteiger partial charge in [-0.15, -0.1) is 0 Å². The number of carbonyl (C=O) groups is 2. The Balaban J connectivity index is 1.49. The molecule has 2 aliphatic rings. The quantitative estimate of drug-likeness (QED) is 0.917. The van der Waals surface area contributed by atoms with E-state index in [-0.39, 0.29) is 24.2 Å². The van der Waals surface area contributed by atoms with E-state index in [0.29, 0.717) is 37.2 Å². The molecule has 0 bridgehead atoms.